The molecule has 7 nitrogen and oxygen atoms in total. The normalized spacial score (nSPS) is 19.3. The topological polar surface area (TPSA) is 91.4 Å². The van der Waals surface area contributed by atoms with Crippen LogP contribution < -0.4 is 10.6 Å². The molecule has 4 heterocycles. The van der Waals surface area contributed by atoms with E-state index in [0.29, 0.717) is 38.0 Å². The Morgan fingerprint density at radius 1 is 1.23 bits per heavy atom. The molecule has 0 bridgehead atoms. The number of pyridine rings is 1. The Hall–Kier alpha value is -2.74. The van der Waals surface area contributed by atoms with Gasteiger partial charge in [0, 0.05) is 42.5 Å². The van der Waals surface area contributed by atoms with Crippen LogP contribution in [0.4, 0.5) is 0 Å². The van der Waals surface area contributed by atoms with Crippen molar-refractivity contribution >= 4 is 29.1 Å². The Balaban J connectivity index is 1.37. The number of carbonyl (C=O) groups is 3. The second-order valence-electron chi connectivity index (χ2n) is 8.23. The molecular weight excluding hydrogens is 412 g/mol. The fraction of sp³-hybridized carbons (Fsp3) is 0.478. The number of piperidine rings is 1. The second kappa shape index (κ2) is 9.60. The zero-order chi connectivity index (χ0) is 21.8. The lowest BCUT2D eigenvalue weighted by Crippen LogP contribution is -2.47. The fourth-order valence-corrected chi connectivity index (χ4v) is 5.03. The van der Waals surface area contributed by atoms with E-state index in [1.165, 1.54) is 4.88 Å². The third-order valence-corrected chi connectivity index (χ3v) is 6.97. The van der Waals surface area contributed by atoms with Gasteiger partial charge in [0.1, 0.15) is 6.04 Å². The summed E-state index contributed by atoms with van der Waals surface area (Å²) in [6, 6.07) is 7.44. The molecule has 4 rings (SSSR count). The molecular formula is C23H28N4O3S. The van der Waals surface area contributed by atoms with E-state index in [2.05, 4.69) is 16.7 Å². The molecule has 2 fully saturated rings. The molecule has 8 heteroatoms. The number of carbonyl (C=O) groups excluding carboxylic acids is 3. The molecule has 0 unspecified atom stereocenters. The van der Waals surface area contributed by atoms with Crippen LogP contribution in [0.25, 0.3) is 0 Å². The number of rotatable bonds is 6. The molecule has 164 valence electrons. The van der Waals surface area contributed by atoms with E-state index in [4.69, 9.17) is 4.98 Å². The Bertz CT molecular complexity index is 952. The first kappa shape index (κ1) is 21.5. The monoisotopic (exact) mass is 440 g/mol. The number of amides is 3. The molecule has 0 saturated carbocycles. The van der Waals surface area contributed by atoms with Crippen molar-refractivity contribution in [3.05, 3.63) is 51.5 Å². The number of aryl methyl sites for hydroxylation is 1. The average Bonchev–Trinajstić information content (AvgIpc) is 3.45. The summed E-state index contributed by atoms with van der Waals surface area (Å²) in [7, 11) is 0. The van der Waals surface area contributed by atoms with Crippen molar-refractivity contribution in [2.45, 2.75) is 51.0 Å². The number of hydrogen-bond donors (Lipinski definition) is 2. The first-order valence-electron chi connectivity index (χ1n) is 10.9. The van der Waals surface area contributed by atoms with Crippen LogP contribution in [0.3, 0.4) is 0 Å². The highest BCUT2D eigenvalue weighted by Gasteiger charge is 2.34. The minimum Gasteiger partial charge on any atom is -0.352 e. The van der Waals surface area contributed by atoms with Gasteiger partial charge in [-0.05, 0) is 56.2 Å². The molecule has 2 aromatic rings. The van der Waals surface area contributed by atoms with Crippen molar-refractivity contribution in [3.63, 3.8) is 0 Å². The average molecular weight is 441 g/mol. The van der Waals surface area contributed by atoms with E-state index < -0.39 is 0 Å². The van der Waals surface area contributed by atoms with Crippen molar-refractivity contribution in [1.29, 1.82) is 0 Å². The Morgan fingerprint density at radius 2 is 2.03 bits per heavy atom. The van der Waals surface area contributed by atoms with E-state index in [1.807, 2.05) is 35.4 Å². The molecule has 3 amide bonds. The molecule has 0 aromatic carbocycles. The van der Waals surface area contributed by atoms with Crippen LogP contribution in [0.1, 0.15) is 58.2 Å². The molecule has 2 aliphatic rings. The van der Waals surface area contributed by atoms with Gasteiger partial charge in [-0.15, -0.1) is 11.3 Å². The number of likely N-dealkylation sites (tertiary alicyclic amines) is 1. The van der Waals surface area contributed by atoms with Crippen molar-refractivity contribution in [1.82, 2.24) is 20.5 Å². The molecule has 0 radical (unpaired) electrons. The number of aromatic nitrogens is 1. The summed E-state index contributed by atoms with van der Waals surface area (Å²) in [5.41, 5.74) is 2.34. The zero-order valence-corrected chi connectivity index (χ0v) is 18.5. The molecule has 0 spiro atoms. The summed E-state index contributed by atoms with van der Waals surface area (Å²) in [6.07, 6.45) is 3.34. The maximum atomic E-state index is 12.9. The first-order chi connectivity index (χ1) is 15.0. The predicted octanol–water partition coefficient (Wildman–Crippen LogP) is 2.41. The third-order valence-electron chi connectivity index (χ3n) is 6.03. The van der Waals surface area contributed by atoms with Gasteiger partial charge in [-0.3, -0.25) is 19.4 Å². The summed E-state index contributed by atoms with van der Waals surface area (Å²) in [5.74, 6) is 0.00590. The number of nitrogens with zero attached hydrogens (tertiary/aromatic N) is 2. The number of hydrogen-bond acceptors (Lipinski definition) is 5. The van der Waals surface area contributed by atoms with Gasteiger partial charge in [0.05, 0.1) is 11.3 Å². The van der Waals surface area contributed by atoms with E-state index >= 15 is 0 Å². The van der Waals surface area contributed by atoms with E-state index in [-0.39, 0.29) is 29.7 Å². The van der Waals surface area contributed by atoms with Gasteiger partial charge in [0.25, 0.3) is 5.91 Å². The van der Waals surface area contributed by atoms with Gasteiger partial charge in [0.15, 0.2) is 0 Å². The Kier molecular flexibility index (Phi) is 6.65. The van der Waals surface area contributed by atoms with Crippen LogP contribution >= 0.6 is 11.3 Å². The number of nitrogens with one attached hydrogen (secondary N) is 2. The quantitative estimate of drug-likeness (QED) is 0.722. The molecule has 0 aliphatic carbocycles. The van der Waals surface area contributed by atoms with Gasteiger partial charge < -0.3 is 15.5 Å². The van der Waals surface area contributed by atoms with Gasteiger partial charge in [-0.25, -0.2) is 0 Å². The standard InChI is InChI=1S/C23H28N4O3S/c1-15-4-5-18(22(29)24-11-8-17-3-2-14-31-17)21(25-15)16-9-12-27(13-10-16)23(30)19-6-7-20(28)26-19/h2-5,14,16,19H,6-13H2,1H3,(H,24,29)(H,26,28)/t19-/m0/s1. The van der Waals surface area contributed by atoms with Crippen LogP contribution in [0.15, 0.2) is 29.6 Å². The molecule has 31 heavy (non-hydrogen) atoms. The van der Waals surface area contributed by atoms with Gasteiger partial charge in [0.2, 0.25) is 11.8 Å². The largest absolute Gasteiger partial charge is 0.352 e. The molecule has 2 N–H and O–H groups in total. The lowest BCUT2D eigenvalue weighted by Gasteiger charge is -2.33. The fourth-order valence-electron chi connectivity index (χ4n) is 4.32. The first-order valence-corrected chi connectivity index (χ1v) is 11.8. The van der Waals surface area contributed by atoms with Crippen molar-refractivity contribution in [3.8, 4) is 0 Å². The number of thiophene rings is 1. The lowest BCUT2D eigenvalue weighted by atomic mass is 9.89. The van der Waals surface area contributed by atoms with Gasteiger partial charge in [-0.1, -0.05) is 6.07 Å². The Labute approximate surface area is 186 Å². The van der Waals surface area contributed by atoms with E-state index in [0.717, 1.165) is 30.7 Å². The predicted molar refractivity (Wildman–Crippen MR) is 119 cm³/mol. The van der Waals surface area contributed by atoms with Crippen molar-refractivity contribution in [2.75, 3.05) is 19.6 Å². The smallest absolute Gasteiger partial charge is 0.253 e. The van der Waals surface area contributed by atoms with E-state index in [1.54, 1.807) is 11.3 Å². The highest BCUT2D eigenvalue weighted by Crippen LogP contribution is 2.30. The Morgan fingerprint density at radius 3 is 2.71 bits per heavy atom. The third kappa shape index (κ3) is 5.12. The van der Waals surface area contributed by atoms with Crippen molar-refractivity contribution < 1.29 is 14.4 Å². The van der Waals surface area contributed by atoms with Gasteiger partial charge >= 0.3 is 0 Å². The second-order valence-corrected chi connectivity index (χ2v) is 9.26. The molecule has 2 aromatic heterocycles. The van der Waals surface area contributed by atoms with Crippen LogP contribution in [0.2, 0.25) is 0 Å². The minimum atomic E-state index is -0.383. The summed E-state index contributed by atoms with van der Waals surface area (Å²) < 4.78 is 0. The summed E-state index contributed by atoms with van der Waals surface area (Å²) in [5, 5.41) is 7.83. The molecule has 1 atom stereocenters. The summed E-state index contributed by atoms with van der Waals surface area (Å²) >= 11 is 1.69. The zero-order valence-electron chi connectivity index (χ0n) is 17.7. The highest BCUT2D eigenvalue weighted by molar-refractivity contribution is 7.09. The maximum Gasteiger partial charge on any atom is 0.253 e. The van der Waals surface area contributed by atoms with Crippen LogP contribution in [-0.4, -0.2) is 53.3 Å². The van der Waals surface area contributed by atoms with Crippen LogP contribution in [-0.2, 0) is 16.0 Å². The van der Waals surface area contributed by atoms with Crippen LogP contribution in [0.5, 0.6) is 0 Å². The molecule has 2 aliphatic heterocycles. The molecule has 2 saturated heterocycles. The lowest BCUT2D eigenvalue weighted by molar-refractivity contribution is -0.135. The summed E-state index contributed by atoms with van der Waals surface area (Å²) in [4.78, 5) is 44.8. The highest BCUT2D eigenvalue weighted by atomic mass is 32.1. The summed E-state index contributed by atoms with van der Waals surface area (Å²) in [6.45, 7) is 3.76. The van der Waals surface area contributed by atoms with E-state index in [9.17, 15) is 14.4 Å². The van der Waals surface area contributed by atoms with Crippen molar-refractivity contribution in [2.24, 2.45) is 0 Å². The van der Waals surface area contributed by atoms with Crippen LogP contribution in [0, 0.1) is 6.92 Å². The maximum absolute atomic E-state index is 12.9. The SMILES string of the molecule is Cc1ccc(C(=O)NCCc2cccs2)c(C2CCN(C(=O)[C@@H]3CCC(=O)N3)CC2)n1. The minimum absolute atomic E-state index is 0.00745. The van der Waals surface area contributed by atoms with Gasteiger partial charge in [-0.2, -0.15) is 0 Å².